The van der Waals surface area contributed by atoms with E-state index in [1.165, 1.54) is 23.5 Å². The zero-order valence-corrected chi connectivity index (χ0v) is 16.3. The zero-order chi connectivity index (χ0) is 19.7. The van der Waals surface area contributed by atoms with Crippen molar-refractivity contribution >= 4 is 28.2 Å². The summed E-state index contributed by atoms with van der Waals surface area (Å²) >= 11 is 1.30. The Kier molecular flexibility index (Phi) is 5.18. The first-order chi connectivity index (χ1) is 12.8. The predicted octanol–water partition coefficient (Wildman–Crippen LogP) is 3.35. The Morgan fingerprint density at radius 3 is 2.41 bits per heavy atom. The summed E-state index contributed by atoms with van der Waals surface area (Å²) in [6.45, 7) is 5.28. The van der Waals surface area contributed by atoms with Gasteiger partial charge in [0.1, 0.15) is 5.82 Å². The molecule has 3 rings (SSSR count). The summed E-state index contributed by atoms with van der Waals surface area (Å²) in [7, 11) is 1.73. The number of aryl methyl sites for hydroxylation is 3. The van der Waals surface area contributed by atoms with E-state index in [0.717, 1.165) is 16.1 Å². The molecule has 2 heterocycles. The minimum absolute atomic E-state index is 0.285. The molecule has 1 amide bonds. The van der Waals surface area contributed by atoms with Gasteiger partial charge < -0.3 is 0 Å². The molecule has 0 bridgehead atoms. The number of carbonyl (C=O) groups is 2. The molecule has 0 radical (unpaired) electrons. The van der Waals surface area contributed by atoms with Gasteiger partial charge in [-0.3, -0.25) is 19.6 Å². The van der Waals surface area contributed by atoms with Gasteiger partial charge in [-0.1, -0.05) is 12.1 Å². The Bertz CT molecular complexity index is 1020. The Hall–Kier alpha value is -2.87. The first-order valence-electron chi connectivity index (χ1n) is 8.33. The van der Waals surface area contributed by atoms with Crippen molar-refractivity contribution in [2.45, 2.75) is 27.2 Å². The van der Waals surface area contributed by atoms with Gasteiger partial charge in [-0.15, -0.1) is 11.3 Å². The van der Waals surface area contributed by atoms with Gasteiger partial charge in [-0.05, 0) is 38.5 Å². The quantitative estimate of drug-likeness (QED) is 0.539. The maximum Gasteiger partial charge on any atom is 0.298 e. The Balaban J connectivity index is 1.75. The molecule has 8 heteroatoms. The van der Waals surface area contributed by atoms with Crippen molar-refractivity contribution in [3.8, 4) is 0 Å². The molecule has 1 N–H and O–H groups in total. The predicted molar refractivity (Wildman–Crippen MR) is 102 cm³/mol. The average Bonchev–Trinajstić information content (AvgIpc) is 3.07. The molecule has 0 aliphatic carbocycles. The van der Waals surface area contributed by atoms with Crippen LogP contribution in [-0.4, -0.2) is 26.5 Å². The van der Waals surface area contributed by atoms with Crippen LogP contribution in [0.2, 0.25) is 0 Å². The van der Waals surface area contributed by atoms with Crippen molar-refractivity contribution in [3.63, 3.8) is 0 Å². The second-order valence-electron chi connectivity index (χ2n) is 6.28. The average molecular weight is 386 g/mol. The van der Waals surface area contributed by atoms with Crippen molar-refractivity contribution in [2.75, 3.05) is 5.32 Å². The number of aromatic nitrogens is 3. The summed E-state index contributed by atoms with van der Waals surface area (Å²) in [6, 6.07) is 6.24. The molecular formula is C19H19FN4O2S. The highest BCUT2D eigenvalue weighted by Crippen LogP contribution is 2.25. The number of thiazole rings is 1. The minimum Gasteiger partial charge on any atom is -0.295 e. The van der Waals surface area contributed by atoms with Crippen LogP contribution in [0.15, 0.2) is 24.3 Å². The van der Waals surface area contributed by atoms with E-state index in [-0.39, 0.29) is 5.82 Å². The number of amides is 1. The van der Waals surface area contributed by atoms with E-state index < -0.39 is 11.7 Å². The van der Waals surface area contributed by atoms with Crippen molar-refractivity contribution in [3.05, 3.63) is 63.2 Å². The summed E-state index contributed by atoms with van der Waals surface area (Å²) in [5, 5.41) is 7.11. The number of carbonyl (C=O) groups excluding carboxylic acids is 2. The summed E-state index contributed by atoms with van der Waals surface area (Å²) in [5.74, 6) is -1.66. The Morgan fingerprint density at radius 1 is 1.15 bits per heavy atom. The van der Waals surface area contributed by atoms with Crippen molar-refractivity contribution in [2.24, 2.45) is 7.05 Å². The Morgan fingerprint density at radius 2 is 1.81 bits per heavy atom. The van der Waals surface area contributed by atoms with Crippen LogP contribution in [0.1, 0.15) is 37.9 Å². The van der Waals surface area contributed by atoms with E-state index in [2.05, 4.69) is 15.4 Å². The van der Waals surface area contributed by atoms with Gasteiger partial charge in [0.05, 0.1) is 17.0 Å². The van der Waals surface area contributed by atoms with E-state index in [4.69, 9.17) is 0 Å². The van der Waals surface area contributed by atoms with Crippen molar-refractivity contribution < 1.29 is 14.0 Å². The van der Waals surface area contributed by atoms with Crippen LogP contribution in [0.5, 0.6) is 0 Å². The number of halogens is 1. The summed E-state index contributed by atoms with van der Waals surface area (Å²) in [4.78, 5) is 30.1. The standard InChI is InChI=1S/C19H19FN4O2S/c1-10-15(9-13-5-7-14(20)8-6-13)27-19(21-10)22-18(26)17(25)16-11(2)23-24(4)12(16)3/h5-8H,9H2,1-4H3,(H,21,22,26). The van der Waals surface area contributed by atoms with E-state index in [1.54, 1.807) is 37.7 Å². The number of rotatable bonds is 5. The number of Topliss-reactive ketones (excluding diaryl/α,β-unsaturated/α-hetero) is 1. The van der Waals surface area contributed by atoms with E-state index in [1.807, 2.05) is 6.92 Å². The number of ketones is 1. The van der Waals surface area contributed by atoms with Gasteiger partial charge in [0.2, 0.25) is 0 Å². The van der Waals surface area contributed by atoms with Crippen LogP contribution >= 0.6 is 11.3 Å². The smallest absolute Gasteiger partial charge is 0.295 e. The highest BCUT2D eigenvalue weighted by Gasteiger charge is 2.25. The van der Waals surface area contributed by atoms with E-state index in [0.29, 0.717) is 28.5 Å². The molecule has 0 saturated carbocycles. The van der Waals surface area contributed by atoms with Gasteiger partial charge in [0, 0.05) is 24.0 Å². The third kappa shape index (κ3) is 3.95. The van der Waals surface area contributed by atoms with Gasteiger partial charge in [-0.2, -0.15) is 5.10 Å². The van der Waals surface area contributed by atoms with Crippen LogP contribution in [0.3, 0.4) is 0 Å². The molecule has 140 valence electrons. The normalized spacial score (nSPS) is 10.9. The zero-order valence-electron chi connectivity index (χ0n) is 15.5. The molecule has 0 spiro atoms. The lowest BCUT2D eigenvalue weighted by Gasteiger charge is -2.02. The lowest BCUT2D eigenvalue weighted by molar-refractivity contribution is -0.112. The molecule has 6 nitrogen and oxygen atoms in total. The third-order valence-electron chi connectivity index (χ3n) is 4.33. The van der Waals surface area contributed by atoms with E-state index >= 15 is 0 Å². The number of hydrogen-bond donors (Lipinski definition) is 1. The van der Waals surface area contributed by atoms with Gasteiger partial charge in [0.15, 0.2) is 5.13 Å². The summed E-state index contributed by atoms with van der Waals surface area (Å²) in [5.41, 5.74) is 3.18. The minimum atomic E-state index is -0.740. The van der Waals surface area contributed by atoms with Gasteiger partial charge >= 0.3 is 0 Å². The number of benzene rings is 1. The number of nitrogens with one attached hydrogen (secondary N) is 1. The van der Waals surface area contributed by atoms with Crippen LogP contribution in [-0.2, 0) is 18.3 Å². The molecule has 0 unspecified atom stereocenters. The molecular weight excluding hydrogens is 367 g/mol. The molecule has 1 aromatic carbocycles. The molecule has 0 aliphatic heterocycles. The van der Waals surface area contributed by atoms with E-state index in [9.17, 15) is 14.0 Å². The number of anilines is 1. The topological polar surface area (TPSA) is 76.9 Å². The summed E-state index contributed by atoms with van der Waals surface area (Å²) < 4.78 is 14.6. The first-order valence-corrected chi connectivity index (χ1v) is 9.14. The summed E-state index contributed by atoms with van der Waals surface area (Å²) in [6.07, 6.45) is 0.578. The van der Waals surface area contributed by atoms with Crippen molar-refractivity contribution in [1.29, 1.82) is 0 Å². The monoisotopic (exact) mass is 386 g/mol. The first kappa shape index (κ1) is 18.9. The third-order valence-corrected chi connectivity index (χ3v) is 5.41. The largest absolute Gasteiger partial charge is 0.298 e. The van der Waals surface area contributed by atoms with Crippen molar-refractivity contribution in [1.82, 2.24) is 14.8 Å². The molecule has 2 aromatic heterocycles. The van der Waals surface area contributed by atoms with Gasteiger partial charge in [0.25, 0.3) is 11.7 Å². The van der Waals surface area contributed by atoms with Gasteiger partial charge in [-0.25, -0.2) is 9.37 Å². The van der Waals surface area contributed by atoms with Crippen LogP contribution < -0.4 is 5.32 Å². The fourth-order valence-electron chi connectivity index (χ4n) is 2.80. The maximum absolute atomic E-state index is 13.0. The van der Waals surface area contributed by atoms with Crippen LogP contribution in [0, 0.1) is 26.6 Å². The lowest BCUT2D eigenvalue weighted by atomic mass is 10.1. The highest BCUT2D eigenvalue weighted by atomic mass is 32.1. The Labute approximate surface area is 160 Å². The molecule has 3 aromatic rings. The second kappa shape index (κ2) is 7.40. The molecule has 0 aliphatic rings. The molecule has 0 saturated heterocycles. The molecule has 0 fully saturated rings. The number of nitrogens with zero attached hydrogens (tertiary/aromatic N) is 3. The fourth-order valence-corrected chi connectivity index (χ4v) is 3.79. The lowest BCUT2D eigenvalue weighted by Crippen LogP contribution is -2.23. The molecule has 0 atom stereocenters. The van der Waals surface area contributed by atoms with Crippen LogP contribution in [0.4, 0.5) is 9.52 Å². The highest BCUT2D eigenvalue weighted by molar-refractivity contribution is 7.16. The SMILES string of the molecule is Cc1nc(NC(=O)C(=O)c2c(C)nn(C)c2C)sc1Cc1ccc(F)cc1. The fraction of sp³-hybridized carbons (Fsp3) is 0.263. The second-order valence-corrected chi connectivity index (χ2v) is 7.37. The maximum atomic E-state index is 13.0. The molecule has 27 heavy (non-hydrogen) atoms. The number of hydrogen-bond acceptors (Lipinski definition) is 5. The van der Waals surface area contributed by atoms with Crippen LogP contribution in [0.25, 0.3) is 0 Å².